The molecule has 2 rings (SSSR count). The molecule has 8 heteroatoms. The van der Waals surface area contributed by atoms with E-state index in [1.54, 1.807) is 11.8 Å². The highest BCUT2D eigenvalue weighted by molar-refractivity contribution is 8.01. The summed E-state index contributed by atoms with van der Waals surface area (Å²) < 4.78 is 0.880. The van der Waals surface area contributed by atoms with E-state index in [1.165, 1.54) is 11.3 Å². The van der Waals surface area contributed by atoms with Gasteiger partial charge in [-0.25, -0.2) is 0 Å². The molecule has 0 unspecified atom stereocenters. The lowest BCUT2D eigenvalue weighted by molar-refractivity contribution is 0.102. The summed E-state index contributed by atoms with van der Waals surface area (Å²) in [5.41, 5.74) is 1.66. The van der Waals surface area contributed by atoms with Crippen LogP contribution < -0.4 is 10.2 Å². The van der Waals surface area contributed by atoms with E-state index in [-0.39, 0.29) is 5.91 Å². The van der Waals surface area contributed by atoms with Crippen LogP contribution in [-0.4, -0.2) is 60.5 Å². The van der Waals surface area contributed by atoms with Gasteiger partial charge in [-0.15, -0.1) is 10.2 Å². The summed E-state index contributed by atoms with van der Waals surface area (Å²) in [6.07, 6.45) is 0. The summed E-state index contributed by atoms with van der Waals surface area (Å²) in [6, 6.07) is 7.46. The Morgan fingerprint density at radius 3 is 2.44 bits per heavy atom. The Kier molecular flexibility index (Phi) is 7.67. The summed E-state index contributed by atoms with van der Waals surface area (Å²) in [5.74, 6) is 0.803. The van der Waals surface area contributed by atoms with Gasteiger partial charge in [-0.1, -0.05) is 36.9 Å². The molecule has 0 atom stereocenters. The van der Waals surface area contributed by atoms with Crippen molar-refractivity contribution in [2.24, 2.45) is 0 Å². The fourth-order valence-electron chi connectivity index (χ4n) is 2.20. The minimum Gasteiger partial charge on any atom is -0.378 e. The summed E-state index contributed by atoms with van der Waals surface area (Å²) in [7, 11) is 3.94. The first kappa shape index (κ1) is 19.7. The molecule has 0 saturated carbocycles. The maximum absolute atomic E-state index is 12.3. The van der Waals surface area contributed by atoms with E-state index < -0.39 is 0 Å². The normalized spacial score (nSPS) is 10.9. The fraction of sp³-hybridized carbons (Fsp3) is 0.471. The number of nitrogens with zero attached hydrogens (tertiary/aromatic N) is 4. The zero-order valence-corrected chi connectivity index (χ0v) is 16.8. The first-order valence-electron chi connectivity index (χ1n) is 8.30. The summed E-state index contributed by atoms with van der Waals surface area (Å²) in [6.45, 7) is 7.47. The Morgan fingerprint density at radius 2 is 1.84 bits per heavy atom. The molecule has 0 fully saturated rings. The number of benzene rings is 1. The molecule has 1 heterocycles. The van der Waals surface area contributed by atoms with Crippen molar-refractivity contribution < 1.29 is 4.79 Å². The molecule has 1 N–H and O–H groups in total. The molecule has 0 saturated heterocycles. The molecular weight excluding hydrogens is 354 g/mol. The Balaban J connectivity index is 1.86. The second-order valence-corrected chi connectivity index (χ2v) is 7.96. The van der Waals surface area contributed by atoms with Gasteiger partial charge >= 0.3 is 0 Å². The van der Waals surface area contributed by atoms with Crippen LogP contribution in [-0.2, 0) is 0 Å². The van der Waals surface area contributed by atoms with Crippen molar-refractivity contribution in [2.75, 3.05) is 49.7 Å². The van der Waals surface area contributed by atoms with Gasteiger partial charge in [0, 0.05) is 37.6 Å². The minimum absolute atomic E-state index is 0.166. The fourth-order valence-corrected chi connectivity index (χ4v) is 4.02. The lowest BCUT2D eigenvalue weighted by atomic mass is 10.2. The molecule has 6 nitrogen and oxygen atoms in total. The monoisotopic (exact) mass is 379 g/mol. The van der Waals surface area contributed by atoms with E-state index in [4.69, 9.17) is 0 Å². The van der Waals surface area contributed by atoms with Gasteiger partial charge in [-0.05, 0) is 37.4 Å². The maximum Gasteiger partial charge on any atom is 0.257 e. The lowest BCUT2D eigenvalue weighted by Gasteiger charge is -2.16. The molecule has 1 aromatic carbocycles. The lowest BCUT2D eigenvalue weighted by Crippen LogP contribution is -2.25. The molecule has 0 bridgehead atoms. The van der Waals surface area contributed by atoms with Crippen molar-refractivity contribution in [3.63, 3.8) is 0 Å². The highest BCUT2D eigenvalue weighted by atomic mass is 32.2. The number of carbonyl (C=O) groups excluding carboxylic acids is 1. The van der Waals surface area contributed by atoms with Crippen LogP contribution in [0, 0.1) is 0 Å². The Bertz CT molecular complexity index is 668. The number of amides is 1. The molecule has 136 valence electrons. The number of hydrogen-bond donors (Lipinski definition) is 1. The van der Waals surface area contributed by atoms with Crippen LogP contribution >= 0.6 is 23.1 Å². The second-order valence-electron chi connectivity index (χ2n) is 5.64. The number of hydrogen-bond acceptors (Lipinski definition) is 7. The molecule has 25 heavy (non-hydrogen) atoms. The van der Waals surface area contributed by atoms with Crippen LogP contribution in [0.4, 0.5) is 10.8 Å². The van der Waals surface area contributed by atoms with Gasteiger partial charge in [0.05, 0.1) is 0 Å². The van der Waals surface area contributed by atoms with Gasteiger partial charge < -0.3 is 9.80 Å². The number of carbonyl (C=O) groups is 1. The molecule has 1 amide bonds. The predicted molar refractivity (Wildman–Crippen MR) is 107 cm³/mol. The quantitative estimate of drug-likeness (QED) is 0.533. The maximum atomic E-state index is 12.3. The topological polar surface area (TPSA) is 61.4 Å². The van der Waals surface area contributed by atoms with Gasteiger partial charge in [-0.3, -0.25) is 10.1 Å². The van der Waals surface area contributed by atoms with Gasteiger partial charge in [0.15, 0.2) is 4.34 Å². The Labute approximate surface area is 157 Å². The van der Waals surface area contributed by atoms with Gasteiger partial charge in [0.1, 0.15) is 0 Å². The Morgan fingerprint density at radius 1 is 1.16 bits per heavy atom. The number of nitrogens with one attached hydrogen (secondary N) is 1. The number of rotatable bonds is 9. The van der Waals surface area contributed by atoms with Crippen molar-refractivity contribution in [3.05, 3.63) is 29.8 Å². The van der Waals surface area contributed by atoms with E-state index in [9.17, 15) is 4.79 Å². The van der Waals surface area contributed by atoms with Crippen LogP contribution in [0.5, 0.6) is 0 Å². The number of thioether (sulfide) groups is 1. The van der Waals surface area contributed by atoms with E-state index in [1.807, 2.05) is 43.3 Å². The second kappa shape index (κ2) is 9.74. The van der Waals surface area contributed by atoms with E-state index in [0.717, 1.165) is 35.4 Å². The van der Waals surface area contributed by atoms with E-state index in [0.29, 0.717) is 10.7 Å². The average molecular weight is 380 g/mol. The summed E-state index contributed by atoms with van der Waals surface area (Å²) in [5, 5.41) is 11.6. The third-order valence-electron chi connectivity index (χ3n) is 3.80. The smallest absolute Gasteiger partial charge is 0.257 e. The molecule has 2 aromatic rings. The van der Waals surface area contributed by atoms with Crippen LogP contribution in [0.15, 0.2) is 28.6 Å². The largest absolute Gasteiger partial charge is 0.378 e. The number of aromatic nitrogens is 2. The van der Waals surface area contributed by atoms with Crippen molar-refractivity contribution in [2.45, 2.75) is 18.2 Å². The highest BCUT2D eigenvalue weighted by Gasteiger charge is 2.11. The Hall–Kier alpha value is -1.64. The standard InChI is InChI=1S/C17H25N5OS2/c1-5-22(6-2)11-12-24-17-20-19-16(25-17)18-15(23)13-7-9-14(10-8-13)21(3)4/h7-10H,5-6,11-12H2,1-4H3,(H,18,19,23). The van der Waals surface area contributed by atoms with Crippen LogP contribution in [0.2, 0.25) is 0 Å². The van der Waals surface area contributed by atoms with E-state index >= 15 is 0 Å². The zero-order valence-electron chi connectivity index (χ0n) is 15.2. The molecule has 1 aromatic heterocycles. The van der Waals surface area contributed by atoms with Crippen molar-refractivity contribution >= 4 is 39.8 Å². The first-order chi connectivity index (χ1) is 12.0. The van der Waals surface area contributed by atoms with Crippen LogP contribution in [0.3, 0.4) is 0 Å². The van der Waals surface area contributed by atoms with Crippen molar-refractivity contribution in [1.82, 2.24) is 15.1 Å². The number of anilines is 2. The van der Waals surface area contributed by atoms with E-state index in [2.05, 4.69) is 34.3 Å². The molecule has 0 radical (unpaired) electrons. The first-order valence-corrected chi connectivity index (χ1v) is 10.1. The third-order valence-corrected chi connectivity index (χ3v) is 5.75. The molecular formula is C17H25N5OS2. The van der Waals surface area contributed by atoms with Crippen molar-refractivity contribution in [1.29, 1.82) is 0 Å². The van der Waals surface area contributed by atoms with Crippen LogP contribution in [0.1, 0.15) is 24.2 Å². The van der Waals surface area contributed by atoms with Crippen LogP contribution in [0.25, 0.3) is 0 Å². The SMILES string of the molecule is CCN(CC)CCSc1nnc(NC(=O)c2ccc(N(C)C)cc2)s1. The molecule has 0 spiro atoms. The predicted octanol–water partition coefficient (Wildman–Crippen LogP) is 3.29. The molecule has 0 aliphatic heterocycles. The van der Waals surface area contributed by atoms with Gasteiger partial charge in [-0.2, -0.15) is 0 Å². The summed E-state index contributed by atoms with van der Waals surface area (Å²) >= 11 is 3.09. The summed E-state index contributed by atoms with van der Waals surface area (Å²) in [4.78, 5) is 16.6. The average Bonchev–Trinajstić information content (AvgIpc) is 3.06. The molecule has 0 aliphatic carbocycles. The van der Waals surface area contributed by atoms with Gasteiger partial charge in [0.2, 0.25) is 5.13 Å². The third kappa shape index (κ3) is 5.98. The van der Waals surface area contributed by atoms with Gasteiger partial charge in [0.25, 0.3) is 5.91 Å². The molecule has 0 aliphatic rings. The highest BCUT2D eigenvalue weighted by Crippen LogP contribution is 2.26. The minimum atomic E-state index is -0.166. The van der Waals surface area contributed by atoms with Crippen molar-refractivity contribution in [3.8, 4) is 0 Å². The zero-order chi connectivity index (χ0) is 18.2.